The van der Waals surface area contributed by atoms with Crippen molar-refractivity contribution in [3.63, 3.8) is 0 Å². The predicted molar refractivity (Wildman–Crippen MR) is 125 cm³/mol. The minimum absolute atomic E-state index is 0.391. The monoisotopic (exact) mass is 397 g/mol. The maximum atomic E-state index is 4.95. The molecule has 0 aromatic heterocycles. The second-order valence-corrected chi connectivity index (χ2v) is 8.74. The Labute approximate surface area is 175 Å². The molecule has 1 aliphatic carbocycles. The van der Waals surface area contributed by atoms with E-state index in [9.17, 15) is 0 Å². The van der Waals surface area contributed by atoms with Crippen molar-refractivity contribution >= 4 is 28.8 Å². The number of thioether (sulfide) groups is 1. The molecule has 0 bridgehead atoms. The maximum absolute atomic E-state index is 4.95. The zero-order valence-electron chi connectivity index (χ0n) is 17.9. The normalized spacial score (nSPS) is 17.8. The molecule has 4 heteroatoms. The van der Waals surface area contributed by atoms with Crippen molar-refractivity contribution in [2.45, 2.75) is 64.3 Å². The summed E-state index contributed by atoms with van der Waals surface area (Å²) >= 11 is 1.89. The third-order valence-corrected chi connectivity index (χ3v) is 6.34. The van der Waals surface area contributed by atoms with Crippen LogP contribution in [0.25, 0.3) is 0 Å². The first-order valence-corrected chi connectivity index (χ1v) is 11.8. The molecule has 2 aliphatic rings. The second-order valence-electron chi connectivity index (χ2n) is 7.65. The highest BCUT2D eigenvalue weighted by Gasteiger charge is 2.24. The van der Waals surface area contributed by atoms with Crippen LogP contribution in [0.15, 0.2) is 51.2 Å². The van der Waals surface area contributed by atoms with E-state index in [-0.39, 0.29) is 0 Å². The molecule has 0 radical (unpaired) electrons. The third kappa shape index (κ3) is 4.90. The fraction of sp³-hybridized carbons (Fsp3) is 0.542. The SMILES string of the molecule is CCCN(CCC)c1ccc2c(c1)SC1=CC(N(CCC)CCC)C=CC1=N2. The summed E-state index contributed by atoms with van der Waals surface area (Å²) in [6, 6.07) is 7.17. The molecule has 28 heavy (non-hydrogen) atoms. The first kappa shape index (κ1) is 21.2. The van der Waals surface area contributed by atoms with E-state index in [2.05, 4.69) is 73.9 Å². The average Bonchev–Trinajstić information content (AvgIpc) is 2.71. The number of allylic oxidation sites excluding steroid dienone is 2. The molecular weight excluding hydrogens is 362 g/mol. The van der Waals surface area contributed by atoms with Gasteiger partial charge >= 0.3 is 0 Å². The van der Waals surface area contributed by atoms with Crippen molar-refractivity contribution in [2.75, 3.05) is 31.1 Å². The van der Waals surface area contributed by atoms with Gasteiger partial charge in [-0.1, -0.05) is 45.5 Å². The van der Waals surface area contributed by atoms with Gasteiger partial charge in [-0.25, -0.2) is 4.99 Å². The molecular formula is C24H35N3S. The molecule has 1 aromatic carbocycles. The summed E-state index contributed by atoms with van der Waals surface area (Å²) in [6.45, 7) is 13.6. The molecule has 0 N–H and O–H groups in total. The lowest BCUT2D eigenvalue weighted by atomic mass is 10.1. The van der Waals surface area contributed by atoms with Crippen LogP contribution in [0.5, 0.6) is 0 Å². The van der Waals surface area contributed by atoms with Crippen molar-refractivity contribution in [1.29, 1.82) is 0 Å². The van der Waals surface area contributed by atoms with Gasteiger partial charge in [0.2, 0.25) is 0 Å². The first-order valence-electron chi connectivity index (χ1n) is 11.0. The summed E-state index contributed by atoms with van der Waals surface area (Å²) in [5, 5.41) is 0. The lowest BCUT2D eigenvalue weighted by molar-refractivity contribution is 0.259. The predicted octanol–water partition coefficient (Wildman–Crippen LogP) is 6.44. The summed E-state index contributed by atoms with van der Waals surface area (Å²) in [5.41, 5.74) is 3.56. The number of anilines is 1. The van der Waals surface area contributed by atoms with Crippen LogP contribution in [0.2, 0.25) is 0 Å². The molecule has 3 rings (SSSR count). The lowest BCUT2D eigenvalue weighted by Gasteiger charge is -2.31. The Morgan fingerprint density at radius 2 is 1.61 bits per heavy atom. The van der Waals surface area contributed by atoms with Crippen LogP contribution in [0, 0.1) is 0 Å². The fourth-order valence-electron chi connectivity index (χ4n) is 3.99. The smallest absolute Gasteiger partial charge is 0.0778 e. The fourth-order valence-corrected chi connectivity index (χ4v) is 5.05. The first-order chi connectivity index (χ1) is 13.7. The van der Waals surface area contributed by atoms with Crippen LogP contribution < -0.4 is 4.90 Å². The van der Waals surface area contributed by atoms with E-state index in [4.69, 9.17) is 4.99 Å². The zero-order chi connectivity index (χ0) is 19.9. The molecule has 1 atom stereocenters. The zero-order valence-corrected chi connectivity index (χ0v) is 18.8. The minimum Gasteiger partial charge on any atom is -0.372 e. The summed E-state index contributed by atoms with van der Waals surface area (Å²) in [5.74, 6) is 0. The number of fused-ring (bicyclic) bond motifs is 2. The molecule has 3 nitrogen and oxygen atoms in total. The number of benzene rings is 1. The Morgan fingerprint density at radius 3 is 2.25 bits per heavy atom. The van der Waals surface area contributed by atoms with Crippen LogP contribution in [-0.2, 0) is 0 Å². The highest BCUT2D eigenvalue weighted by Crippen LogP contribution is 2.43. The highest BCUT2D eigenvalue weighted by molar-refractivity contribution is 8.04. The van der Waals surface area contributed by atoms with E-state index in [1.54, 1.807) is 0 Å². The molecule has 1 aliphatic heterocycles. The Kier molecular flexibility index (Phi) is 7.81. The van der Waals surface area contributed by atoms with Crippen LogP contribution >= 0.6 is 11.8 Å². The van der Waals surface area contributed by atoms with Gasteiger partial charge in [0.15, 0.2) is 0 Å². The molecule has 0 saturated carbocycles. The summed E-state index contributed by atoms with van der Waals surface area (Å²) in [6.07, 6.45) is 11.7. The number of rotatable bonds is 10. The van der Waals surface area contributed by atoms with Gasteiger partial charge < -0.3 is 4.90 Å². The van der Waals surface area contributed by atoms with Gasteiger partial charge in [-0.05, 0) is 69.1 Å². The van der Waals surface area contributed by atoms with Crippen LogP contribution in [0.4, 0.5) is 11.4 Å². The van der Waals surface area contributed by atoms with Crippen molar-refractivity contribution in [2.24, 2.45) is 4.99 Å². The van der Waals surface area contributed by atoms with E-state index in [1.165, 1.54) is 41.2 Å². The van der Waals surface area contributed by atoms with Gasteiger partial charge in [-0.2, -0.15) is 0 Å². The quantitative estimate of drug-likeness (QED) is 0.453. The summed E-state index contributed by atoms with van der Waals surface area (Å²) < 4.78 is 0. The number of nitrogens with zero attached hydrogens (tertiary/aromatic N) is 3. The van der Waals surface area contributed by atoms with Gasteiger partial charge in [0.25, 0.3) is 0 Å². The van der Waals surface area contributed by atoms with Crippen LogP contribution in [0.3, 0.4) is 0 Å². The lowest BCUT2D eigenvalue weighted by Crippen LogP contribution is -2.35. The van der Waals surface area contributed by atoms with Crippen molar-refractivity contribution in [1.82, 2.24) is 4.90 Å². The molecule has 0 amide bonds. The molecule has 0 spiro atoms. The van der Waals surface area contributed by atoms with E-state index in [0.717, 1.165) is 37.6 Å². The van der Waals surface area contributed by atoms with Crippen molar-refractivity contribution < 1.29 is 0 Å². The number of aliphatic imine (C=N–C) groups is 1. The number of hydrogen-bond acceptors (Lipinski definition) is 4. The van der Waals surface area contributed by atoms with Gasteiger partial charge in [0, 0.05) is 34.6 Å². The highest BCUT2D eigenvalue weighted by atomic mass is 32.2. The Hall–Kier alpha value is -1.52. The molecule has 0 fully saturated rings. The van der Waals surface area contributed by atoms with Gasteiger partial charge in [0.05, 0.1) is 11.4 Å². The van der Waals surface area contributed by atoms with Crippen LogP contribution in [0.1, 0.15) is 53.4 Å². The Balaban J connectivity index is 1.84. The van der Waals surface area contributed by atoms with Crippen molar-refractivity contribution in [3.05, 3.63) is 41.3 Å². The van der Waals surface area contributed by atoms with Gasteiger partial charge in [-0.15, -0.1) is 0 Å². The Morgan fingerprint density at radius 1 is 0.929 bits per heavy atom. The van der Waals surface area contributed by atoms with E-state index >= 15 is 0 Å². The summed E-state index contributed by atoms with van der Waals surface area (Å²) in [7, 11) is 0. The number of hydrogen-bond donors (Lipinski definition) is 0. The molecule has 1 aromatic rings. The third-order valence-electron chi connectivity index (χ3n) is 5.23. The van der Waals surface area contributed by atoms with Crippen molar-refractivity contribution in [3.8, 4) is 0 Å². The molecule has 152 valence electrons. The topological polar surface area (TPSA) is 18.8 Å². The van der Waals surface area contributed by atoms with E-state index in [0.29, 0.717) is 6.04 Å². The van der Waals surface area contributed by atoms with Gasteiger partial charge in [-0.3, -0.25) is 4.90 Å². The van der Waals surface area contributed by atoms with Gasteiger partial charge in [0.1, 0.15) is 0 Å². The largest absolute Gasteiger partial charge is 0.372 e. The van der Waals surface area contributed by atoms with Crippen LogP contribution in [-0.4, -0.2) is 42.8 Å². The second kappa shape index (κ2) is 10.3. The molecule has 1 heterocycles. The molecule has 1 unspecified atom stereocenters. The Bertz CT molecular complexity index is 738. The van der Waals surface area contributed by atoms with E-state index in [1.807, 2.05) is 11.8 Å². The maximum Gasteiger partial charge on any atom is 0.0778 e. The minimum atomic E-state index is 0.391. The standard InChI is InChI=1S/C24H35N3S/c1-5-13-26(14-6-2)19-9-11-21-23(17-19)28-24-18-20(10-12-22(24)25-21)27(15-7-3)16-8-4/h9-12,17-19H,5-8,13-16H2,1-4H3. The average molecular weight is 398 g/mol. The van der Waals surface area contributed by atoms with E-state index < -0.39 is 0 Å². The molecule has 0 saturated heterocycles. The summed E-state index contributed by atoms with van der Waals surface area (Å²) in [4.78, 5) is 12.6.